The van der Waals surface area contributed by atoms with E-state index in [1.807, 2.05) is 55.6 Å². The van der Waals surface area contributed by atoms with E-state index in [0.717, 1.165) is 19.4 Å². The number of carbonyl (C=O) groups excluding carboxylic acids is 5. The first-order valence-electron chi connectivity index (χ1n) is 25.2. The number of imide groups is 2. The number of rotatable bonds is 23. The molecule has 0 spiro atoms. The normalized spacial score (nSPS) is 22.2. The van der Waals surface area contributed by atoms with Crippen LogP contribution in [0.1, 0.15) is 191 Å². The number of hydrogen-bond acceptors (Lipinski definition) is 8. The number of unbranched alkanes of at least 4 members (excludes halogenated alkanes) is 1. The van der Waals surface area contributed by atoms with Gasteiger partial charge in [0.05, 0.1) is 42.1 Å². The van der Waals surface area contributed by atoms with Gasteiger partial charge in [-0.25, -0.2) is 0 Å². The number of esters is 1. The maximum atomic E-state index is 15.1. The van der Waals surface area contributed by atoms with Gasteiger partial charge >= 0.3 is 11.9 Å². The van der Waals surface area contributed by atoms with E-state index in [4.69, 9.17) is 4.74 Å². The van der Waals surface area contributed by atoms with E-state index in [9.17, 15) is 24.3 Å². The van der Waals surface area contributed by atoms with E-state index >= 15 is 9.59 Å². The Morgan fingerprint density at radius 1 is 0.576 bits per heavy atom. The third kappa shape index (κ3) is 12.3. The molecule has 0 saturated carbocycles. The number of carboxylic acid groups (broad SMARTS) is 1. The first-order chi connectivity index (χ1) is 29.4. The zero-order valence-corrected chi connectivity index (χ0v) is 46.7. The maximum absolute atomic E-state index is 15.1. The minimum absolute atomic E-state index is 0.0923. The van der Waals surface area contributed by atoms with Gasteiger partial charge in [0, 0.05) is 13.1 Å². The molecule has 0 bridgehead atoms. The lowest BCUT2D eigenvalue weighted by molar-refractivity contribution is -0.170. The van der Waals surface area contributed by atoms with Crippen molar-refractivity contribution in [3.05, 3.63) is 0 Å². The van der Waals surface area contributed by atoms with Crippen molar-refractivity contribution < 1.29 is 38.6 Å². The molecular weight excluding hydrogens is 831 g/mol. The van der Waals surface area contributed by atoms with Gasteiger partial charge < -0.3 is 14.7 Å². The summed E-state index contributed by atoms with van der Waals surface area (Å²) in [4.78, 5) is 92.0. The molecular formula is C55H99N3O8. The third-order valence-electron chi connectivity index (χ3n) is 16.9. The predicted octanol–water partition coefficient (Wildman–Crippen LogP) is 11.3. The number of nitrogens with zero attached hydrogens (tertiary/aromatic N) is 3. The fourth-order valence-electron chi connectivity index (χ4n) is 13.2. The monoisotopic (exact) mass is 930 g/mol. The van der Waals surface area contributed by atoms with Crippen LogP contribution >= 0.6 is 0 Å². The summed E-state index contributed by atoms with van der Waals surface area (Å²) in [6.45, 7) is 46.6. The van der Waals surface area contributed by atoms with Gasteiger partial charge in [-0.3, -0.25) is 38.6 Å². The molecule has 6 atom stereocenters. The molecule has 0 aromatic rings. The molecule has 2 aliphatic rings. The predicted molar refractivity (Wildman–Crippen MR) is 266 cm³/mol. The fourth-order valence-corrected chi connectivity index (χ4v) is 13.2. The second kappa shape index (κ2) is 20.3. The summed E-state index contributed by atoms with van der Waals surface area (Å²) in [5.74, 6) is -6.93. The molecule has 0 radical (unpaired) electrons. The Bertz CT molecular complexity index is 1770. The number of aliphatic carboxylic acids is 1. The smallest absolute Gasteiger partial charge is 0.310 e. The first kappa shape index (κ1) is 59.3. The highest BCUT2D eigenvalue weighted by Crippen LogP contribution is 2.64. The minimum Gasteiger partial charge on any atom is -0.481 e. The summed E-state index contributed by atoms with van der Waals surface area (Å²) in [6.07, 6.45) is 3.72. The zero-order valence-electron chi connectivity index (χ0n) is 46.7. The Balaban J connectivity index is 2.83. The van der Waals surface area contributed by atoms with Crippen LogP contribution in [0, 0.1) is 84.2 Å². The summed E-state index contributed by atoms with van der Waals surface area (Å²) in [5.41, 5.74) is -5.99. The van der Waals surface area contributed by atoms with Crippen molar-refractivity contribution in [1.82, 2.24) is 14.7 Å². The summed E-state index contributed by atoms with van der Waals surface area (Å²) in [6, 6.07) is 0. The molecule has 2 aliphatic heterocycles. The quantitative estimate of drug-likeness (QED) is 0.0783. The summed E-state index contributed by atoms with van der Waals surface area (Å²) in [7, 11) is 3.98. The standard InChI is InChI=1S/C55H99N3O8/c1-25-27-30-57-42(60)36(38(43(57)61)55(21,22)53(17,18)34-51(13,14)39(45(63)64)40(48(6,7)8)46(65)66-26-2)50(11,12)33-52(15,16)54(19,20)37-35(49(9,10)32-47(3,4)5)41(59)58(44(37)62)31-28-29-56(23)24/h35-40H,25-34H2,1-24H3,(H,63,64). The van der Waals surface area contributed by atoms with E-state index in [1.54, 1.807) is 6.92 Å². The van der Waals surface area contributed by atoms with Crippen LogP contribution in [0.15, 0.2) is 0 Å². The largest absolute Gasteiger partial charge is 0.481 e. The highest BCUT2D eigenvalue weighted by Gasteiger charge is 2.66. The van der Waals surface area contributed by atoms with Gasteiger partial charge in [0.25, 0.3) is 0 Å². The Kier molecular flexibility index (Phi) is 18.2. The second-order valence-electron chi connectivity index (χ2n) is 27.8. The van der Waals surface area contributed by atoms with E-state index < -0.39 is 90.8 Å². The number of likely N-dealkylation sites (tertiary alicyclic amines) is 2. The van der Waals surface area contributed by atoms with Crippen molar-refractivity contribution in [2.45, 2.75) is 191 Å². The summed E-state index contributed by atoms with van der Waals surface area (Å²) < 4.78 is 5.50. The van der Waals surface area contributed by atoms with Crippen LogP contribution in [0.5, 0.6) is 0 Å². The van der Waals surface area contributed by atoms with Gasteiger partial charge in [-0.1, -0.05) is 152 Å². The Labute approximate surface area is 403 Å². The van der Waals surface area contributed by atoms with E-state index in [1.165, 1.54) is 9.80 Å². The molecule has 1 N–H and O–H groups in total. The van der Waals surface area contributed by atoms with Crippen LogP contribution in [0.4, 0.5) is 0 Å². The average molecular weight is 930 g/mol. The third-order valence-corrected chi connectivity index (χ3v) is 16.9. The van der Waals surface area contributed by atoms with Crippen LogP contribution in [0.2, 0.25) is 0 Å². The number of carbonyl (C=O) groups is 6. The highest BCUT2D eigenvalue weighted by atomic mass is 16.5. The van der Waals surface area contributed by atoms with Crippen LogP contribution in [0.25, 0.3) is 0 Å². The number of ether oxygens (including phenoxy) is 1. The zero-order chi connectivity index (χ0) is 51.9. The Hall–Kier alpha value is -2.82. The van der Waals surface area contributed by atoms with E-state index in [0.29, 0.717) is 38.8 Å². The molecule has 2 heterocycles. The summed E-state index contributed by atoms with van der Waals surface area (Å²) in [5, 5.41) is 10.9. The molecule has 2 saturated heterocycles. The molecule has 0 aliphatic carbocycles. The minimum atomic E-state index is -1.10. The van der Waals surface area contributed by atoms with Gasteiger partial charge in [-0.05, 0) is 108 Å². The molecule has 11 nitrogen and oxygen atoms in total. The van der Waals surface area contributed by atoms with Crippen molar-refractivity contribution >= 4 is 35.6 Å². The van der Waals surface area contributed by atoms with Crippen molar-refractivity contribution in [2.24, 2.45) is 84.2 Å². The Morgan fingerprint density at radius 2 is 0.955 bits per heavy atom. The molecule has 0 aromatic heterocycles. The summed E-state index contributed by atoms with van der Waals surface area (Å²) >= 11 is 0. The van der Waals surface area contributed by atoms with E-state index in [-0.39, 0.29) is 35.7 Å². The lowest BCUT2D eigenvalue weighted by Crippen LogP contribution is -2.53. The van der Waals surface area contributed by atoms with E-state index in [2.05, 4.69) is 109 Å². The number of amides is 4. The van der Waals surface area contributed by atoms with Gasteiger partial charge in [0.2, 0.25) is 23.6 Å². The fraction of sp³-hybridized carbons (Fsp3) is 0.891. The number of carboxylic acids is 1. The van der Waals surface area contributed by atoms with Crippen LogP contribution in [-0.2, 0) is 33.5 Å². The lowest BCUT2D eigenvalue weighted by atomic mass is 9.48. The van der Waals surface area contributed by atoms with Gasteiger partial charge in [0.1, 0.15) is 0 Å². The van der Waals surface area contributed by atoms with Crippen LogP contribution in [-0.4, -0.2) is 95.7 Å². The average Bonchev–Trinajstić information content (AvgIpc) is 3.51. The van der Waals surface area contributed by atoms with Gasteiger partial charge in [0.15, 0.2) is 0 Å². The van der Waals surface area contributed by atoms with Crippen molar-refractivity contribution in [3.8, 4) is 0 Å². The highest BCUT2D eigenvalue weighted by molar-refractivity contribution is 6.06. The number of hydrogen-bond donors (Lipinski definition) is 1. The van der Waals surface area contributed by atoms with Gasteiger partial charge in [-0.2, -0.15) is 0 Å². The molecule has 2 fully saturated rings. The molecule has 0 aromatic carbocycles. The Morgan fingerprint density at radius 3 is 1.30 bits per heavy atom. The first-order valence-corrected chi connectivity index (χ1v) is 25.2. The molecule has 4 amide bonds. The topological polar surface area (TPSA) is 142 Å². The molecule has 2 rings (SSSR count). The van der Waals surface area contributed by atoms with Crippen LogP contribution < -0.4 is 0 Å². The van der Waals surface area contributed by atoms with Crippen LogP contribution in [0.3, 0.4) is 0 Å². The SMILES string of the molecule is CCCCN1C(=O)C(C(C)(C)CC(C)(C)C(C)(C)C2C(=O)N(CCCN(C)C)C(=O)C2C(C)(C)CC(C)(C)C)C(C(C)(C)C(C)(C)CC(C)(C)C(C(=O)O)C(C(=O)OCC)C(C)(C)C)C1=O. The van der Waals surface area contributed by atoms with Crippen molar-refractivity contribution in [3.63, 3.8) is 0 Å². The molecule has 382 valence electrons. The van der Waals surface area contributed by atoms with Gasteiger partial charge in [-0.15, -0.1) is 0 Å². The molecule has 11 heteroatoms. The lowest BCUT2D eigenvalue weighted by Gasteiger charge is -2.55. The van der Waals surface area contributed by atoms with Crippen molar-refractivity contribution in [1.29, 1.82) is 0 Å². The second-order valence-corrected chi connectivity index (χ2v) is 27.8. The molecule has 66 heavy (non-hydrogen) atoms. The maximum Gasteiger partial charge on any atom is 0.310 e. The molecule has 6 unspecified atom stereocenters. The van der Waals surface area contributed by atoms with Crippen molar-refractivity contribution in [2.75, 3.05) is 40.3 Å².